The average molecular weight is 398 g/mol. The van der Waals surface area contributed by atoms with Crippen LogP contribution in [-0.4, -0.2) is 22.1 Å². The minimum Gasteiger partial charge on any atom is -0.493 e. The van der Waals surface area contributed by atoms with Crippen LogP contribution < -0.4 is 14.2 Å². The maximum atomic E-state index is 12.4. The quantitative estimate of drug-likeness (QED) is 0.783. The zero-order valence-corrected chi connectivity index (χ0v) is 14.4. The number of hydrogen-bond donors (Lipinski definition) is 1. The zero-order chi connectivity index (χ0) is 17.9. The summed E-state index contributed by atoms with van der Waals surface area (Å²) in [4.78, 5) is -0.174. The molecule has 0 atom stereocenters. The Kier molecular flexibility index (Phi) is 5.74. The molecule has 130 valence electrons. The van der Waals surface area contributed by atoms with E-state index in [4.69, 9.17) is 27.9 Å². The van der Waals surface area contributed by atoms with Gasteiger partial charge in [-0.3, -0.25) is 4.72 Å². The summed E-state index contributed by atoms with van der Waals surface area (Å²) in [6, 6.07) is 7.49. The number of halogens is 4. The predicted octanol–water partition coefficient (Wildman–Crippen LogP) is 4.40. The molecule has 0 aliphatic heterocycles. The van der Waals surface area contributed by atoms with Gasteiger partial charge in [0.15, 0.2) is 11.5 Å². The third-order valence-electron chi connectivity index (χ3n) is 2.78. The number of benzene rings is 2. The number of rotatable bonds is 6. The second kappa shape index (κ2) is 7.42. The Morgan fingerprint density at radius 3 is 2.21 bits per heavy atom. The topological polar surface area (TPSA) is 64.6 Å². The molecule has 0 saturated carbocycles. The van der Waals surface area contributed by atoms with E-state index in [1.165, 1.54) is 37.4 Å². The van der Waals surface area contributed by atoms with Crippen molar-refractivity contribution in [2.45, 2.75) is 11.5 Å². The summed E-state index contributed by atoms with van der Waals surface area (Å²) < 4.78 is 60.9. The molecule has 0 bridgehead atoms. The number of anilines is 1. The molecule has 2 aromatic carbocycles. The fourth-order valence-electron chi connectivity index (χ4n) is 1.83. The molecule has 0 radical (unpaired) electrons. The van der Waals surface area contributed by atoms with Crippen molar-refractivity contribution >= 4 is 38.9 Å². The van der Waals surface area contributed by atoms with E-state index in [1.54, 1.807) is 0 Å². The molecule has 0 aliphatic carbocycles. The Bertz CT molecular complexity index is 826. The fraction of sp³-hybridized carbons (Fsp3) is 0.143. The van der Waals surface area contributed by atoms with Crippen LogP contribution in [0.3, 0.4) is 0 Å². The highest BCUT2D eigenvalue weighted by Crippen LogP contribution is 2.32. The maximum absolute atomic E-state index is 12.4. The minimum atomic E-state index is -4.03. The normalized spacial score (nSPS) is 11.4. The molecule has 0 fully saturated rings. The van der Waals surface area contributed by atoms with Crippen molar-refractivity contribution in [3.63, 3.8) is 0 Å². The van der Waals surface area contributed by atoms with Gasteiger partial charge in [-0.1, -0.05) is 23.2 Å². The van der Waals surface area contributed by atoms with Gasteiger partial charge in [-0.15, -0.1) is 0 Å². The van der Waals surface area contributed by atoms with Crippen LogP contribution in [0.5, 0.6) is 11.5 Å². The Labute approximate surface area is 147 Å². The lowest BCUT2D eigenvalue weighted by atomic mass is 10.3. The number of hydrogen-bond acceptors (Lipinski definition) is 4. The zero-order valence-electron chi connectivity index (χ0n) is 12.1. The van der Waals surface area contributed by atoms with E-state index in [9.17, 15) is 17.2 Å². The van der Waals surface area contributed by atoms with Gasteiger partial charge >= 0.3 is 6.61 Å². The molecule has 0 unspecified atom stereocenters. The lowest BCUT2D eigenvalue weighted by Crippen LogP contribution is -2.13. The van der Waals surface area contributed by atoms with E-state index < -0.39 is 16.6 Å². The lowest BCUT2D eigenvalue weighted by molar-refractivity contribution is -0.0511. The van der Waals surface area contributed by atoms with Crippen LogP contribution >= 0.6 is 23.2 Å². The molecule has 2 rings (SSSR count). The molecule has 5 nitrogen and oxygen atoms in total. The van der Waals surface area contributed by atoms with Crippen LogP contribution in [0.1, 0.15) is 0 Å². The van der Waals surface area contributed by atoms with Gasteiger partial charge in [0.05, 0.1) is 17.7 Å². The van der Waals surface area contributed by atoms with E-state index in [2.05, 4.69) is 9.46 Å². The van der Waals surface area contributed by atoms with Crippen LogP contribution in [0.25, 0.3) is 0 Å². The molecule has 1 N–H and O–H groups in total. The molecule has 0 amide bonds. The van der Waals surface area contributed by atoms with Crippen LogP contribution in [0.15, 0.2) is 41.3 Å². The molecule has 0 heterocycles. The first-order chi connectivity index (χ1) is 11.2. The van der Waals surface area contributed by atoms with Crippen molar-refractivity contribution in [2.24, 2.45) is 0 Å². The molecule has 10 heteroatoms. The maximum Gasteiger partial charge on any atom is 0.387 e. The monoisotopic (exact) mass is 397 g/mol. The molecule has 24 heavy (non-hydrogen) atoms. The second-order valence-electron chi connectivity index (χ2n) is 4.45. The number of nitrogens with one attached hydrogen (secondary N) is 1. The fourth-order valence-corrected chi connectivity index (χ4v) is 3.60. The van der Waals surface area contributed by atoms with Crippen LogP contribution in [0, 0.1) is 0 Å². The van der Waals surface area contributed by atoms with Crippen molar-refractivity contribution in [1.82, 2.24) is 0 Å². The molecule has 0 saturated heterocycles. The van der Waals surface area contributed by atoms with Gasteiger partial charge in [-0.25, -0.2) is 8.42 Å². The van der Waals surface area contributed by atoms with Crippen LogP contribution in [0.2, 0.25) is 10.0 Å². The SMILES string of the molecule is COc1ccc(NS(=O)(=O)c2cc(Cl)cc(Cl)c2)cc1OC(F)F. The minimum absolute atomic E-state index is 0.00236. The first-order valence-electron chi connectivity index (χ1n) is 6.33. The van der Waals surface area contributed by atoms with Crippen molar-refractivity contribution in [2.75, 3.05) is 11.8 Å². The average Bonchev–Trinajstić information content (AvgIpc) is 2.45. The van der Waals surface area contributed by atoms with E-state index >= 15 is 0 Å². The number of ether oxygens (including phenoxy) is 2. The summed E-state index contributed by atoms with van der Waals surface area (Å²) >= 11 is 11.6. The standard InChI is InChI=1S/C14H11Cl2F2NO4S/c1-22-12-3-2-10(7-13(12)23-14(17)18)19-24(20,21)11-5-8(15)4-9(16)6-11/h2-7,14,19H,1H3. The summed E-state index contributed by atoms with van der Waals surface area (Å²) in [5.41, 5.74) is 0.00236. The van der Waals surface area contributed by atoms with Crippen LogP contribution in [0.4, 0.5) is 14.5 Å². The van der Waals surface area contributed by atoms with Crippen LogP contribution in [-0.2, 0) is 10.0 Å². The molecular formula is C14H11Cl2F2NO4S. The van der Waals surface area contributed by atoms with Crippen molar-refractivity contribution in [3.8, 4) is 11.5 Å². The highest BCUT2D eigenvalue weighted by Gasteiger charge is 2.18. The number of sulfonamides is 1. The van der Waals surface area contributed by atoms with E-state index in [1.807, 2.05) is 0 Å². The molecule has 2 aromatic rings. The highest BCUT2D eigenvalue weighted by atomic mass is 35.5. The summed E-state index contributed by atoms with van der Waals surface area (Å²) in [5, 5.41) is 0.277. The van der Waals surface area contributed by atoms with Gasteiger partial charge in [-0.05, 0) is 30.3 Å². The Balaban J connectivity index is 2.35. The first-order valence-corrected chi connectivity index (χ1v) is 8.57. The van der Waals surface area contributed by atoms with Gasteiger partial charge in [-0.2, -0.15) is 8.78 Å². The van der Waals surface area contributed by atoms with Gasteiger partial charge in [0.25, 0.3) is 10.0 Å². The third-order valence-corrected chi connectivity index (χ3v) is 4.58. The highest BCUT2D eigenvalue weighted by molar-refractivity contribution is 7.92. The van der Waals surface area contributed by atoms with Gasteiger partial charge in [0, 0.05) is 16.1 Å². The number of methoxy groups -OCH3 is 1. The predicted molar refractivity (Wildman–Crippen MR) is 86.9 cm³/mol. The lowest BCUT2D eigenvalue weighted by Gasteiger charge is -2.13. The van der Waals surface area contributed by atoms with Crippen molar-refractivity contribution in [3.05, 3.63) is 46.4 Å². The van der Waals surface area contributed by atoms with Gasteiger partial charge in [0.1, 0.15) is 0 Å². The molecular weight excluding hydrogens is 387 g/mol. The second-order valence-corrected chi connectivity index (χ2v) is 7.01. The van der Waals surface area contributed by atoms with E-state index in [0.29, 0.717) is 0 Å². The van der Waals surface area contributed by atoms with E-state index in [-0.39, 0.29) is 32.1 Å². The summed E-state index contributed by atoms with van der Waals surface area (Å²) in [7, 11) is -2.76. The number of alkyl halides is 2. The Hall–Kier alpha value is -1.77. The summed E-state index contributed by atoms with van der Waals surface area (Å²) in [6.07, 6.45) is 0. The molecule has 0 aromatic heterocycles. The van der Waals surface area contributed by atoms with E-state index in [0.717, 1.165) is 6.07 Å². The van der Waals surface area contributed by atoms with Crippen molar-refractivity contribution < 1.29 is 26.7 Å². The van der Waals surface area contributed by atoms with Crippen molar-refractivity contribution in [1.29, 1.82) is 0 Å². The summed E-state index contributed by atoms with van der Waals surface area (Å²) in [6.45, 7) is -3.09. The third kappa shape index (κ3) is 4.62. The Morgan fingerprint density at radius 2 is 1.67 bits per heavy atom. The molecule has 0 spiro atoms. The largest absolute Gasteiger partial charge is 0.493 e. The molecule has 0 aliphatic rings. The van der Waals surface area contributed by atoms with Gasteiger partial charge in [0.2, 0.25) is 0 Å². The van der Waals surface area contributed by atoms with Gasteiger partial charge < -0.3 is 9.47 Å². The summed E-state index contributed by atoms with van der Waals surface area (Å²) in [5.74, 6) is -0.277. The Morgan fingerprint density at radius 1 is 1.04 bits per heavy atom. The smallest absolute Gasteiger partial charge is 0.387 e. The first kappa shape index (κ1) is 18.6.